The summed E-state index contributed by atoms with van der Waals surface area (Å²) in [5, 5.41) is 38.7. The number of carbonyl (C=O) groups excluding carboxylic acids is 2. The zero-order valence-corrected chi connectivity index (χ0v) is 12.5. The molecule has 24 heavy (non-hydrogen) atoms. The molecule has 0 unspecified atom stereocenters. The van der Waals surface area contributed by atoms with Gasteiger partial charge in [0.2, 0.25) is 0 Å². The molecule has 1 aromatic rings. The topological polar surface area (TPSA) is 134 Å². The molecule has 2 fully saturated rings. The van der Waals surface area contributed by atoms with E-state index in [9.17, 15) is 30.0 Å². The van der Waals surface area contributed by atoms with Crippen molar-refractivity contribution in [2.75, 3.05) is 0 Å². The van der Waals surface area contributed by atoms with Gasteiger partial charge in [-0.05, 0) is 23.8 Å². The van der Waals surface area contributed by atoms with Gasteiger partial charge in [0.05, 0.1) is 0 Å². The highest BCUT2D eigenvalue weighted by atomic mass is 16.6. The lowest BCUT2D eigenvalue weighted by molar-refractivity contribution is -0.162. The third-order valence-electron chi connectivity index (χ3n) is 4.16. The van der Waals surface area contributed by atoms with Gasteiger partial charge in [0.1, 0.15) is 18.3 Å². The molecule has 4 atom stereocenters. The Kier molecular flexibility index (Phi) is 3.94. The quantitative estimate of drug-likeness (QED) is 0.340. The molecule has 1 aliphatic heterocycles. The van der Waals surface area contributed by atoms with Crippen LogP contribution in [-0.4, -0.2) is 56.3 Å². The molecule has 1 saturated carbocycles. The minimum atomic E-state index is -1.73. The van der Waals surface area contributed by atoms with Gasteiger partial charge in [-0.25, -0.2) is 9.59 Å². The normalized spacial score (nSPS) is 31.9. The van der Waals surface area contributed by atoms with Crippen LogP contribution < -0.4 is 0 Å². The Balaban J connectivity index is 1.65. The number of esters is 2. The molecule has 0 spiro atoms. The molecular formula is C16H16O8. The molecule has 1 aliphatic carbocycles. The number of fused-ring (bicyclic) bond motifs is 2. The molecule has 0 radical (unpaired) electrons. The summed E-state index contributed by atoms with van der Waals surface area (Å²) in [7, 11) is 0. The highest BCUT2D eigenvalue weighted by molar-refractivity contribution is 5.87. The van der Waals surface area contributed by atoms with Crippen LogP contribution in [-0.2, 0) is 19.1 Å². The number of hydrogen-bond donors (Lipinski definition) is 4. The van der Waals surface area contributed by atoms with E-state index in [-0.39, 0.29) is 24.3 Å². The lowest BCUT2D eigenvalue weighted by Crippen LogP contribution is -2.50. The number of benzene rings is 1. The number of hydrogen-bond acceptors (Lipinski definition) is 8. The summed E-state index contributed by atoms with van der Waals surface area (Å²) < 4.78 is 9.96. The van der Waals surface area contributed by atoms with Crippen molar-refractivity contribution >= 4 is 18.0 Å². The average molecular weight is 336 g/mol. The van der Waals surface area contributed by atoms with Crippen LogP contribution >= 0.6 is 0 Å². The van der Waals surface area contributed by atoms with Crippen molar-refractivity contribution < 1.29 is 39.5 Å². The minimum absolute atomic E-state index is 0.0241. The zero-order valence-electron chi connectivity index (χ0n) is 12.5. The second-order valence-corrected chi connectivity index (χ2v) is 5.93. The first-order chi connectivity index (χ1) is 11.3. The third kappa shape index (κ3) is 2.93. The van der Waals surface area contributed by atoms with Crippen molar-refractivity contribution in [3.05, 3.63) is 29.8 Å². The fraction of sp³-hybridized carbons (Fsp3) is 0.375. The van der Waals surface area contributed by atoms with E-state index in [1.807, 2.05) is 0 Å². The molecule has 0 amide bonds. The fourth-order valence-corrected chi connectivity index (χ4v) is 2.86. The third-order valence-corrected chi connectivity index (χ3v) is 4.16. The van der Waals surface area contributed by atoms with Gasteiger partial charge in [0.25, 0.3) is 0 Å². The van der Waals surface area contributed by atoms with Gasteiger partial charge < -0.3 is 29.9 Å². The Bertz CT molecular complexity index is 712. The van der Waals surface area contributed by atoms with Gasteiger partial charge in [-0.3, -0.25) is 0 Å². The van der Waals surface area contributed by atoms with Gasteiger partial charge in [-0.15, -0.1) is 0 Å². The highest BCUT2D eigenvalue weighted by Crippen LogP contribution is 2.39. The Morgan fingerprint density at radius 1 is 1.29 bits per heavy atom. The van der Waals surface area contributed by atoms with E-state index < -0.39 is 35.9 Å². The van der Waals surface area contributed by atoms with Crippen LogP contribution in [0.5, 0.6) is 11.5 Å². The molecule has 2 bridgehead atoms. The smallest absolute Gasteiger partial charge is 0.338 e. The standard InChI is InChI=1S/C16H16O8/c17-9-3-1-8(5-10(9)18)2-4-13(19)23-11-6-16(22)7-12(14(11)20)24-15(16)21/h1-5,11-12,14,17-18,20,22H,6-7H2/b4-2+/t11-,12+,14-,16-/m1/s1. The van der Waals surface area contributed by atoms with Crippen molar-refractivity contribution in [1.82, 2.24) is 0 Å². The van der Waals surface area contributed by atoms with E-state index in [2.05, 4.69) is 0 Å². The highest BCUT2D eigenvalue weighted by Gasteiger charge is 2.58. The van der Waals surface area contributed by atoms with Gasteiger partial charge in [-0.1, -0.05) is 6.07 Å². The molecule has 1 heterocycles. The van der Waals surface area contributed by atoms with Gasteiger partial charge in [-0.2, -0.15) is 0 Å². The predicted octanol–water partition coefficient (Wildman–Crippen LogP) is -0.166. The predicted molar refractivity (Wildman–Crippen MR) is 78.8 cm³/mol. The van der Waals surface area contributed by atoms with Gasteiger partial charge in [0.15, 0.2) is 17.1 Å². The molecular weight excluding hydrogens is 320 g/mol. The Hall–Kier alpha value is -2.58. The summed E-state index contributed by atoms with van der Waals surface area (Å²) in [6.07, 6.45) is -1.000. The second-order valence-electron chi connectivity index (χ2n) is 5.93. The van der Waals surface area contributed by atoms with E-state index >= 15 is 0 Å². The number of phenols is 2. The fourth-order valence-electron chi connectivity index (χ4n) is 2.86. The molecule has 8 nitrogen and oxygen atoms in total. The van der Waals surface area contributed by atoms with Crippen LogP contribution in [0.1, 0.15) is 18.4 Å². The molecule has 3 rings (SSSR count). The Morgan fingerprint density at radius 2 is 2.04 bits per heavy atom. The summed E-state index contributed by atoms with van der Waals surface area (Å²) in [5.41, 5.74) is -1.29. The van der Waals surface area contributed by atoms with Crippen molar-refractivity contribution in [2.45, 2.75) is 36.8 Å². The Labute approximate surface area is 136 Å². The van der Waals surface area contributed by atoms with E-state index in [0.29, 0.717) is 5.56 Å². The van der Waals surface area contributed by atoms with Crippen LogP contribution in [0.2, 0.25) is 0 Å². The first kappa shape index (κ1) is 16.3. The van der Waals surface area contributed by atoms with Crippen LogP contribution in [0.25, 0.3) is 6.08 Å². The SMILES string of the molecule is O=C(/C=C/c1ccc(O)c(O)c1)O[C@@H]1C[C@@]2(O)C[C@H](OC2=O)[C@@H]1O. The molecule has 1 aromatic carbocycles. The number of aliphatic hydroxyl groups is 2. The largest absolute Gasteiger partial charge is 0.504 e. The van der Waals surface area contributed by atoms with Crippen molar-refractivity contribution in [2.24, 2.45) is 0 Å². The average Bonchev–Trinajstić information content (AvgIpc) is 2.78. The summed E-state index contributed by atoms with van der Waals surface area (Å²) in [4.78, 5) is 23.4. The minimum Gasteiger partial charge on any atom is -0.504 e. The molecule has 0 aromatic heterocycles. The maximum Gasteiger partial charge on any atom is 0.338 e. The summed E-state index contributed by atoms with van der Waals surface area (Å²) >= 11 is 0. The van der Waals surface area contributed by atoms with Crippen LogP contribution in [0, 0.1) is 0 Å². The van der Waals surface area contributed by atoms with Gasteiger partial charge in [0, 0.05) is 18.9 Å². The zero-order chi connectivity index (χ0) is 17.5. The van der Waals surface area contributed by atoms with Crippen molar-refractivity contribution in [1.29, 1.82) is 0 Å². The number of ether oxygens (including phenoxy) is 2. The first-order valence-electron chi connectivity index (χ1n) is 7.31. The summed E-state index contributed by atoms with van der Waals surface area (Å²) in [6.45, 7) is 0. The number of rotatable bonds is 3. The van der Waals surface area contributed by atoms with Gasteiger partial charge >= 0.3 is 11.9 Å². The number of phenolic OH excluding ortho intramolecular Hbond substituents is 2. The molecule has 128 valence electrons. The maximum atomic E-state index is 11.9. The van der Waals surface area contributed by atoms with Crippen molar-refractivity contribution in [3.63, 3.8) is 0 Å². The molecule has 2 aliphatic rings. The van der Waals surface area contributed by atoms with Crippen molar-refractivity contribution in [3.8, 4) is 11.5 Å². The molecule has 8 heteroatoms. The second kappa shape index (κ2) is 5.81. The number of aliphatic hydroxyl groups excluding tert-OH is 1. The molecule has 1 saturated heterocycles. The van der Waals surface area contributed by atoms with E-state index in [1.54, 1.807) is 0 Å². The van der Waals surface area contributed by atoms with E-state index in [4.69, 9.17) is 9.47 Å². The van der Waals surface area contributed by atoms with Crippen LogP contribution in [0.15, 0.2) is 24.3 Å². The summed E-state index contributed by atoms with van der Waals surface area (Å²) in [6, 6.07) is 4.00. The molecule has 4 N–H and O–H groups in total. The Morgan fingerprint density at radius 3 is 2.75 bits per heavy atom. The van der Waals surface area contributed by atoms with E-state index in [1.165, 1.54) is 24.3 Å². The van der Waals surface area contributed by atoms with E-state index in [0.717, 1.165) is 6.08 Å². The first-order valence-corrected chi connectivity index (χ1v) is 7.31. The lowest BCUT2D eigenvalue weighted by Gasteiger charge is -2.32. The monoisotopic (exact) mass is 336 g/mol. The van der Waals surface area contributed by atoms with Crippen LogP contribution in [0.3, 0.4) is 0 Å². The maximum absolute atomic E-state index is 11.9. The van der Waals surface area contributed by atoms with Crippen LogP contribution in [0.4, 0.5) is 0 Å². The summed E-state index contributed by atoms with van der Waals surface area (Å²) in [5.74, 6) is -2.22. The number of aromatic hydroxyl groups is 2. The number of carbonyl (C=O) groups is 2. The lowest BCUT2D eigenvalue weighted by atomic mass is 9.82.